The van der Waals surface area contributed by atoms with Crippen LogP contribution in [-0.4, -0.2) is 18.2 Å². The van der Waals surface area contributed by atoms with Gasteiger partial charge in [0.25, 0.3) is 5.91 Å². The summed E-state index contributed by atoms with van der Waals surface area (Å²) in [6, 6.07) is 24.1. The average Bonchev–Trinajstić information content (AvgIpc) is 2.74. The number of benzene rings is 3. The zero-order chi connectivity index (χ0) is 19.6. The zero-order valence-electron chi connectivity index (χ0n) is 15.8. The lowest BCUT2D eigenvalue weighted by molar-refractivity contribution is -0.119. The molecule has 0 radical (unpaired) electrons. The van der Waals surface area contributed by atoms with Crippen LogP contribution < -0.4 is 10.7 Å². The number of rotatable bonds is 7. The van der Waals surface area contributed by atoms with Gasteiger partial charge in [-0.15, -0.1) is 0 Å². The summed E-state index contributed by atoms with van der Waals surface area (Å²) in [5, 5.41) is 9.49. The molecule has 2 N–H and O–H groups in total. The SMILES string of the molecule is CC(/C=C/C=C/c1ccccc1)=N\NC(=O)CNc1cccc2ccccc12. The molecule has 0 unspecified atom stereocenters. The predicted octanol–water partition coefficient (Wildman–Crippen LogP) is 5.01. The van der Waals surface area contributed by atoms with Gasteiger partial charge in [0.15, 0.2) is 0 Å². The molecule has 0 aliphatic heterocycles. The first-order valence-corrected chi connectivity index (χ1v) is 9.17. The molecule has 0 atom stereocenters. The lowest BCUT2D eigenvalue weighted by Gasteiger charge is -2.09. The number of carbonyl (C=O) groups excluding carboxylic acids is 1. The zero-order valence-corrected chi connectivity index (χ0v) is 15.8. The van der Waals surface area contributed by atoms with Crippen molar-refractivity contribution in [2.45, 2.75) is 6.92 Å². The Bertz CT molecular complexity index is 1010. The number of anilines is 1. The highest BCUT2D eigenvalue weighted by atomic mass is 16.2. The van der Waals surface area contributed by atoms with Crippen LogP contribution in [0.4, 0.5) is 5.69 Å². The van der Waals surface area contributed by atoms with Crippen molar-refractivity contribution in [3.8, 4) is 0 Å². The van der Waals surface area contributed by atoms with Crippen LogP contribution >= 0.6 is 0 Å². The lowest BCUT2D eigenvalue weighted by atomic mass is 10.1. The first-order valence-electron chi connectivity index (χ1n) is 9.17. The van der Waals surface area contributed by atoms with E-state index in [9.17, 15) is 4.79 Å². The van der Waals surface area contributed by atoms with E-state index in [0.29, 0.717) is 0 Å². The molecule has 3 aromatic carbocycles. The van der Waals surface area contributed by atoms with Crippen LogP contribution in [0.25, 0.3) is 16.8 Å². The molecule has 1 amide bonds. The Morgan fingerprint density at radius 3 is 2.54 bits per heavy atom. The minimum Gasteiger partial charge on any atom is -0.376 e. The molecule has 0 saturated carbocycles. The van der Waals surface area contributed by atoms with Gasteiger partial charge >= 0.3 is 0 Å². The second-order valence-electron chi connectivity index (χ2n) is 6.30. The normalized spacial score (nSPS) is 12.0. The fraction of sp³-hybridized carbons (Fsp3) is 0.0833. The van der Waals surface area contributed by atoms with Gasteiger partial charge in [0.05, 0.1) is 12.3 Å². The van der Waals surface area contributed by atoms with Crippen molar-refractivity contribution in [3.05, 3.63) is 96.6 Å². The molecule has 0 aliphatic rings. The number of hydrogen-bond donors (Lipinski definition) is 2. The third-order valence-corrected chi connectivity index (χ3v) is 4.12. The van der Waals surface area contributed by atoms with Crippen LogP contribution in [0.3, 0.4) is 0 Å². The molecule has 3 rings (SSSR count). The Kier molecular flexibility index (Phi) is 6.74. The summed E-state index contributed by atoms with van der Waals surface area (Å²) in [6.07, 6.45) is 7.69. The predicted molar refractivity (Wildman–Crippen MR) is 118 cm³/mol. The fourth-order valence-electron chi connectivity index (χ4n) is 2.71. The minimum absolute atomic E-state index is 0.155. The molecule has 0 spiro atoms. The standard InChI is InChI=1S/C24H23N3O/c1-19(10-5-6-13-20-11-3-2-4-12-20)26-27-24(28)18-25-23-17-9-15-21-14-7-8-16-22(21)23/h2-17,25H,18H2,1H3,(H,27,28)/b10-5+,13-6+,26-19+. The van der Waals surface area contributed by atoms with Crippen LogP contribution in [0.15, 0.2) is 96.1 Å². The van der Waals surface area contributed by atoms with E-state index in [-0.39, 0.29) is 12.5 Å². The van der Waals surface area contributed by atoms with Gasteiger partial charge in [-0.3, -0.25) is 4.79 Å². The van der Waals surface area contributed by atoms with Gasteiger partial charge in [-0.25, -0.2) is 5.43 Å². The average molecular weight is 369 g/mol. The maximum atomic E-state index is 12.1. The van der Waals surface area contributed by atoms with Gasteiger partial charge in [-0.05, 0) is 30.0 Å². The molecule has 0 aromatic heterocycles. The van der Waals surface area contributed by atoms with Crippen LogP contribution in [0.2, 0.25) is 0 Å². The van der Waals surface area contributed by atoms with Gasteiger partial charge in [0.1, 0.15) is 0 Å². The van der Waals surface area contributed by atoms with E-state index in [4.69, 9.17) is 0 Å². The van der Waals surface area contributed by atoms with E-state index in [1.165, 1.54) is 0 Å². The molecule has 0 fully saturated rings. The summed E-state index contributed by atoms with van der Waals surface area (Å²) >= 11 is 0. The van der Waals surface area contributed by atoms with Gasteiger partial charge in [-0.2, -0.15) is 5.10 Å². The number of carbonyl (C=O) groups is 1. The number of allylic oxidation sites excluding steroid dienone is 3. The Hall–Kier alpha value is -3.66. The smallest absolute Gasteiger partial charge is 0.259 e. The molecular formula is C24H23N3O. The summed E-state index contributed by atoms with van der Waals surface area (Å²) in [4.78, 5) is 12.1. The molecule has 0 saturated heterocycles. The first kappa shape index (κ1) is 19.1. The van der Waals surface area contributed by atoms with E-state index in [0.717, 1.165) is 27.7 Å². The second-order valence-corrected chi connectivity index (χ2v) is 6.30. The Morgan fingerprint density at radius 2 is 1.68 bits per heavy atom. The van der Waals surface area contributed by atoms with E-state index in [2.05, 4.69) is 15.8 Å². The molecule has 4 heteroatoms. The van der Waals surface area contributed by atoms with E-state index >= 15 is 0 Å². The maximum absolute atomic E-state index is 12.1. The number of nitrogens with one attached hydrogen (secondary N) is 2. The number of amides is 1. The van der Waals surface area contributed by atoms with Crippen LogP contribution in [-0.2, 0) is 4.79 Å². The minimum atomic E-state index is -0.194. The third kappa shape index (κ3) is 5.68. The maximum Gasteiger partial charge on any atom is 0.259 e. The summed E-state index contributed by atoms with van der Waals surface area (Å²) in [7, 11) is 0. The number of fused-ring (bicyclic) bond motifs is 1. The van der Waals surface area contributed by atoms with Crippen molar-refractivity contribution in [3.63, 3.8) is 0 Å². The summed E-state index contributed by atoms with van der Waals surface area (Å²) in [5.41, 5.74) is 5.35. The summed E-state index contributed by atoms with van der Waals surface area (Å²) in [5.74, 6) is -0.194. The molecule has 0 heterocycles. The van der Waals surface area contributed by atoms with Crippen LogP contribution in [0.5, 0.6) is 0 Å². The molecule has 0 bridgehead atoms. The summed E-state index contributed by atoms with van der Waals surface area (Å²) in [6.45, 7) is 1.99. The van der Waals surface area contributed by atoms with E-state index < -0.39 is 0 Å². The Labute approximate surface area is 165 Å². The van der Waals surface area contributed by atoms with Crippen LogP contribution in [0.1, 0.15) is 12.5 Å². The second kappa shape index (κ2) is 9.88. The van der Waals surface area contributed by atoms with E-state index in [1.807, 2.05) is 104 Å². The van der Waals surface area contributed by atoms with Crippen molar-refractivity contribution >= 4 is 34.2 Å². The van der Waals surface area contributed by atoms with Crippen molar-refractivity contribution in [2.75, 3.05) is 11.9 Å². The molecule has 3 aromatic rings. The Morgan fingerprint density at radius 1 is 0.929 bits per heavy atom. The number of nitrogens with zero attached hydrogens (tertiary/aromatic N) is 1. The van der Waals surface area contributed by atoms with Crippen molar-refractivity contribution in [2.24, 2.45) is 5.10 Å². The largest absolute Gasteiger partial charge is 0.376 e. The number of hydrogen-bond acceptors (Lipinski definition) is 3. The molecule has 4 nitrogen and oxygen atoms in total. The fourth-order valence-corrected chi connectivity index (χ4v) is 2.71. The van der Waals surface area contributed by atoms with Gasteiger partial charge in [0, 0.05) is 11.1 Å². The van der Waals surface area contributed by atoms with Gasteiger partial charge in [-0.1, -0.05) is 85.0 Å². The highest BCUT2D eigenvalue weighted by Crippen LogP contribution is 2.22. The molecular weight excluding hydrogens is 346 g/mol. The van der Waals surface area contributed by atoms with Gasteiger partial charge < -0.3 is 5.32 Å². The molecule has 140 valence electrons. The van der Waals surface area contributed by atoms with Crippen molar-refractivity contribution in [1.82, 2.24) is 5.43 Å². The number of hydrazone groups is 1. The van der Waals surface area contributed by atoms with Crippen molar-refractivity contribution in [1.29, 1.82) is 0 Å². The highest BCUT2D eigenvalue weighted by molar-refractivity contribution is 5.96. The van der Waals surface area contributed by atoms with Crippen LogP contribution in [0, 0.1) is 0 Å². The third-order valence-electron chi connectivity index (χ3n) is 4.12. The topological polar surface area (TPSA) is 53.5 Å². The molecule has 0 aliphatic carbocycles. The lowest BCUT2D eigenvalue weighted by Crippen LogP contribution is -2.26. The quantitative estimate of drug-likeness (QED) is 0.349. The molecule has 28 heavy (non-hydrogen) atoms. The summed E-state index contributed by atoms with van der Waals surface area (Å²) < 4.78 is 0. The Balaban J connectivity index is 1.49. The monoisotopic (exact) mass is 369 g/mol. The highest BCUT2D eigenvalue weighted by Gasteiger charge is 2.03. The first-order chi connectivity index (χ1) is 13.7. The van der Waals surface area contributed by atoms with Crippen molar-refractivity contribution < 1.29 is 4.79 Å². The van der Waals surface area contributed by atoms with E-state index in [1.54, 1.807) is 0 Å². The van der Waals surface area contributed by atoms with Gasteiger partial charge in [0.2, 0.25) is 0 Å².